The van der Waals surface area contributed by atoms with Crippen LogP contribution in [0.1, 0.15) is 208 Å². The Balaban J connectivity index is 0.000000247. The van der Waals surface area contributed by atoms with Gasteiger partial charge in [-0.25, -0.2) is 19.2 Å². The number of hydrogen-bond acceptors (Lipinski definition) is 34. The average Bonchev–Trinajstić information content (AvgIpc) is 1.57. The Bertz CT molecular complexity index is 5260. The van der Waals surface area contributed by atoms with Gasteiger partial charge in [0.25, 0.3) is 23.6 Å². The minimum atomic E-state index is -1.64. The van der Waals surface area contributed by atoms with E-state index in [9.17, 15) is 96.5 Å². The summed E-state index contributed by atoms with van der Waals surface area (Å²) in [5.74, 6) is -10.9. The lowest BCUT2D eigenvalue weighted by atomic mass is 9.78. The number of likely N-dealkylation sites (tertiary alicyclic amines) is 2. The zero-order valence-electron chi connectivity index (χ0n) is 86.3. The lowest BCUT2D eigenvalue weighted by Crippen LogP contribution is -2.53. The molecule has 12 amide bonds. The number of halogens is 2. The summed E-state index contributed by atoms with van der Waals surface area (Å²) in [7, 11) is 11.8. The van der Waals surface area contributed by atoms with Crippen molar-refractivity contribution in [2.45, 2.75) is 303 Å². The van der Waals surface area contributed by atoms with E-state index >= 15 is 0 Å². The lowest BCUT2D eigenvalue weighted by molar-refractivity contribution is -0.201. The Morgan fingerprint density at radius 2 is 0.845 bits per heavy atom. The number of allylic oxidation sites excluding steroid dienone is 6. The molecule has 0 unspecified atom stereocenters. The van der Waals surface area contributed by atoms with E-state index in [0.717, 1.165) is 22.3 Å². The van der Waals surface area contributed by atoms with E-state index in [1.807, 2.05) is 26.0 Å². The molecule has 10 aliphatic heterocycles. The standard InChI is InChI=1S/2C52H67ClN4O16S/c2*1-28-10-9-11-38(69-8)52(67)25-36(70-45(63)26-52)29(2)47-51(4,72-47)39(24-43(61)55(6)34-21-32(20-28)22-35(68-7)46(34)53)71-49(65)30(3)54(5)40(58)18-19-74-37-23-44(62)56(48(37)64)27-31-12-14-33(15-13-31)50(66)73-57-41(59)16-17-42(57)60/h2*9-11,21-22,29-31,33,36-39,47,67H,12-20,23-27H2,1-8H3/b2*11-9+,28-10+/t29-,30+,31?,33?,36+,37+,38-,39+,47+,51+,52-;29-,30+,31?,33?,36+,37-,38-,39+,47+,51+,52-/m11/s1. The number of carbonyl (C=O) groups is 18. The summed E-state index contributed by atoms with van der Waals surface area (Å²) in [6.07, 6.45) is 6.22. The van der Waals surface area contributed by atoms with Crippen LogP contribution in [-0.2, 0) is 147 Å². The van der Waals surface area contributed by atoms with Crippen molar-refractivity contribution in [3.05, 3.63) is 93.0 Å². The van der Waals surface area contributed by atoms with E-state index in [-0.39, 0.29) is 160 Å². The number of imide groups is 4. The first-order valence-corrected chi connectivity index (χ1v) is 53.0. The number of fused-ring (bicyclic) bond motifs is 10. The van der Waals surface area contributed by atoms with Crippen molar-refractivity contribution in [1.82, 2.24) is 29.7 Å². The predicted octanol–water partition coefficient (Wildman–Crippen LogP) is 8.86. The summed E-state index contributed by atoms with van der Waals surface area (Å²) in [6, 6.07) is 4.78. The smallest absolute Gasteiger partial charge is 0.336 e. The maximum absolute atomic E-state index is 14.4. The number of likely N-dealkylation sites (N-methyl/N-ethyl adjacent to an activating group) is 2. The molecule has 8 bridgehead atoms. The molecule has 10 heterocycles. The number of rotatable bonds is 26. The van der Waals surface area contributed by atoms with Crippen LogP contribution in [0.15, 0.2) is 71.9 Å². The fourth-order valence-corrected chi connectivity index (χ4v) is 24.0. The molecule has 2 saturated carbocycles. The second-order valence-corrected chi connectivity index (χ2v) is 44.5. The molecule has 44 heteroatoms. The molecule has 40 nitrogen and oxygen atoms in total. The van der Waals surface area contributed by atoms with Crippen LogP contribution in [0.3, 0.4) is 0 Å². The number of carbonyl (C=O) groups excluding carboxylic acids is 18. The van der Waals surface area contributed by atoms with Crippen molar-refractivity contribution in [1.29, 1.82) is 0 Å². The second-order valence-electron chi connectivity index (χ2n) is 41.2. The largest absolute Gasteiger partial charge is 0.495 e. The molecule has 12 aliphatic rings. The quantitative estimate of drug-likeness (QED) is 0.0384. The van der Waals surface area contributed by atoms with Crippen LogP contribution in [0.25, 0.3) is 0 Å². The molecule has 2 aromatic rings. The number of nitrogens with zero attached hydrogens (tertiary/aromatic N) is 8. The molecule has 2 aliphatic carbocycles. The van der Waals surface area contributed by atoms with Gasteiger partial charge in [-0.1, -0.05) is 84.7 Å². The SMILES string of the molecule is COc1cc2cc(c1Cl)N(C)C(=O)C[C@H](OC(=O)[C@H](C)N(C)C(=O)CCS[C@@H]1CC(=O)N(CC3CCC(C(=O)ON4C(=O)CCC4=O)CC3)C1=O)[C@]1(C)O[C@H]1[C@H](C)[C@@H]1C[C@@](O)(CC(=O)O1)[C@H](OC)/C=C/C=C(\C)C2.COc1cc2cc(c1Cl)N(C)C(=O)C[C@H](OC(=O)[C@H](C)N(C)C(=O)CCS[C@H]1CC(=O)N(CC3CCC(C(=O)ON4C(=O)CCC4=O)CC3)C1=O)[C@]1(C)O[C@H]1[C@H](C)[C@@H]1C[C@@](O)(CC(=O)O1)[C@H](OC)/C=C/C=C(\C)C2. The molecule has 148 heavy (non-hydrogen) atoms. The van der Waals surface area contributed by atoms with Crippen LogP contribution in [0.5, 0.6) is 11.5 Å². The van der Waals surface area contributed by atoms with Crippen molar-refractivity contribution in [3.8, 4) is 11.5 Å². The van der Waals surface area contributed by atoms with Crippen molar-refractivity contribution in [3.63, 3.8) is 0 Å². The number of anilines is 2. The van der Waals surface area contributed by atoms with Crippen LogP contribution < -0.4 is 19.3 Å². The summed E-state index contributed by atoms with van der Waals surface area (Å²) >= 11 is 16.0. The van der Waals surface area contributed by atoms with Crippen LogP contribution in [0.4, 0.5) is 11.4 Å². The third-order valence-electron chi connectivity index (χ3n) is 30.9. The highest BCUT2D eigenvalue weighted by molar-refractivity contribution is 8.00. The van der Waals surface area contributed by atoms with Crippen molar-refractivity contribution < 1.29 is 154 Å². The summed E-state index contributed by atoms with van der Waals surface area (Å²) in [6.45, 7) is 14.1. The number of esters is 4. The van der Waals surface area contributed by atoms with Gasteiger partial charge in [-0.05, 0) is 153 Å². The molecule has 0 spiro atoms. The number of epoxide rings is 2. The number of amides is 12. The summed E-state index contributed by atoms with van der Waals surface area (Å²) in [4.78, 5) is 254. The molecule has 2 aromatic carbocycles. The van der Waals surface area contributed by atoms with E-state index in [1.165, 1.54) is 109 Å². The summed E-state index contributed by atoms with van der Waals surface area (Å²) < 4.78 is 59.2. The number of benzene rings is 2. The molecule has 808 valence electrons. The summed E-state index contributed by atoms with van der Waals surface area (Å²) in [5, 5.41) is 23.9. The average molecular weight is 2140 g/mol. The van der Waals surface area contributed by atoms with E-state index in [0.29, 0.717) is 97.2 Å². The van der Waals surface area contributed by atoms with Gasteiger partial charge in [0.15, 0.2) is 0 Å². The number of aliphatic hydroxyl groups is 2. The highest BCUT2D eigenvalue weighted by Crippen LogP contribution is 2.53. The van der Waals surface area contributed by atoms with Crippen molar-refractivity contribution in [2.24, 2.45) is 35.5 Å². The number of hydrogen-bond donors (Lipinski definition) is 2. The number of ether oxygens (including phenoxy) is 10. The number of hydroxylamine groups is 4. The first-order valence-electron chi connectivity index (χ1n) is 50.1. The third-order valence-corrected chi connectivity index (χ3v) is 34.0. The Labute approximate surface area is 877 Å². The van der Waals surface area contributed by atoms with Gasteiger partial charge in [-0.3, -0.25) is 76.9 Å². The Morgan fingerprint density at radius 1 is 0.500 bits per heavy atom. The van der Waals surface area contributed by atoms with Gasteiger partial charge < -0.3 is 86.9 Å². The van der Waals surface area contributed by atoms with Crippen molar-refractivity contribution in [2.75, 3.05) is 91.0 Å². The molecule has 14 rings (SSSR count). The fraction of sp³-hybridized carbons (Fsp3) is 0.635. The van der Waals surface area contributed by atoms with Gasteiger partial charge in [0.1, 0.15) is 92.7 Å². The molecule has 8 saturated heterocycles. The second kappa shape index (κ2) is 48.3. The van der Waals surface area contributed by atoms with Gasteiger partial charge in [0, 0.05) is 143 Å². The van der Waals surface area contributed by atoms with Crippen LogP contribution in [-0.4, -0.2) is 322 Å². The molecule has 0 radical (unpaired) electrons. The van der Waals surface area contributed by atoms with Gasteiger partial charge in [-0.2, -0.15) is 0 Å². The van der Waals surface area contributed by atoms with E-state index in [1.54, 1.807) is 90.4 Å². The Morgan fingerprint density at radius 3 is 1.18 bits per heavy atom. The van der Waals surface area contributed by atoms with E-state index < -0.39 is 201 Å². The zero-order valence-corrected chi connectivity index (χ0v) is 89.4. The normalized spacial score (nSPS) is 32.3. The molecule has 10 fully saturated rings. The molecule has 18 atom stereocenters. The maximum Gasteiger partial charge on any atom is 0.336 e. The van der Waals surface area contributed by atoms with Gasteiger partial charge in [-0.15, -0.1) is 33.7 Å². The van der Waals surface area contributed by atoms with E-state index in [2.05, 4.69) is 0 Å². The van der Waals surface area contributed by atoms with Crippen LogP contribution in [0, 0.1) is 35.5 Å². The molecule has 0 aromatic heterocycles. The number of methoxy groups -OCH3 is 4. The van der Waals surface area contributed by atoms with Crippen LogP contribution in [0.2, 0.25) is 10.0 Å². The monoisotopic (exact) mass is 2140 g/mol. The number of thioether (sulfide) groups is 2. The summed E-state index contributed by atoms with van der Waals surface area (Å²) in [5.41, 5.74) is -1.83. The van der Waals surface area contributed by atoms with E-state index in [4.69, 9.17) is 80.2 Å². The third kappa shape index (κ3) is 26.2. The maximum atomic E-state index is 14.4. The zero-order chi connectivity index (χ0) is 108. The topological polar surface area (TPSA) is 491 Å². The Kier molecular flexibility index (Phi) is 37.3. The van der Waals surface area contributed by atoms with Gasteiger partial charge in [0.05, 0.1) is 85.8 Å². The highest BCUT2D eigenvalue weighted by atomic mass is 35.5. The predicted molar refractivity (Wildman–Crippen MR) is 534 cm³/mol. The first-order chi connectivity index (χ1) is 69.9. The fourth-order valence-electron chi connectivity index (χ4n) is 21.1. The first kappa shape index (κ1) is 114. The van der Waals surface area contributed by atoms with Crippen molar-refractivity contribution >= 4 is 165 Å². The Hall–Kier alpha value is -10.7. The molecular weight excluding hydrogens is 2010 g/mol. The lowest BCUT2D eigenvalue weighted by Gasteiger charge is -2.41. The minimum absolute atomic E-state index is 0.00121. The molecular formula is C104H134Cl2N8O32S2. The van der Waals surface area contributed by atoms with Gasteiger partial charge >= 0.3 is 35.8 Å². The highest BCUT2D eigenvalue weighted by Gasteiger charge is 2.67. The molecule has 2 N–H and O–H groups in total. The van der Waals surface area contributed by atoms with Gasteiger partial charge in [0.2, 0.25) is 47.3 Å². The minimum Gasteiger partial charge on any atom is -0.495 e. The van der Waals surface area contributed by atoms with Crippen LogP contribution >= 0.6 is 46.7 Å².